The lowest BCUT2D eigenvalue weighted by Crippen LogP contribution is -2.61. The minimum absolute atomic E-state index is 0.0600. The zero-order valence-corrected chi connectivity index (χ0v) is 19.5. The van der Waals surface area contributed by atoms with Gasteiger partial charge in [0.2, 0.25) is 5.91 Å². The van der Waals surface area contributed by atoms with E-state index in [0.717, 1.165) is 0 Å². The van der Waals surface area contributed by atoms with Crippen molar-refractivity contribution < 1.29 is 29.0 Å². The Balaban J connectivity index is 1.93. The van der Waals surface area contributed by atoms with E-state index in [1.807, 2.05) is 6.92 Å². The number of aromatic hydroxyl groups is 1. The molecule has 0 spiro atoms. The van der Waals surface area contributed by atoms with Crippen molar-refractivity contribution in [3.63, 3.8) is 0 Å². The summed E-state index contributed by atoms with van der Waals surface area (Å²) < 4.78 is 11.3. The van der Waals surface area contributed by atoms with Crippen molar-refractivity contribution in [1.29, 1.82) is 0 Å². The maximum Gasteiger partial charge on any atom is 0.264 e. The molecule has 9 heteroatoms. The zero-order chi connectivity index (χ0) is 24.1. The number of carbonyl (C=O) groups is 3. The Kier molecular flexibility index (Phi) is 7.97. The number of hydrogen-bond donors (Lipinski definition) is 2. The first kappa shape index (κ1) is 24.6. The zero-order valence-electron chi connectivity index (χ0n) is 19.5. The predicted octanol–water partition coefficient (Wildman–Crippen LogP) is 1.53. The first-order valence-electron chi connectivity index (χ1n) is 11.3. The van der Waals surface area contributed by atoms with Gasteiger partial charge in [-0.25, -0.2) is 0 Å². The maximum atomic E-state index is 13.6. The fourth-order valence-electron chi connectivity index (χ4n) is 4.14. The van der Waals surface area contributed by atoms with E-state index in [1.54, 1.807) is 31.0 Å². The molecule has 2 N–H and O–H groups in total. The molecular weight excluding hydrogens is 426 g/mol. The number of hydrogen-bond acceptors (Lipinski definition) is 6. The monoisotopic (exact) mass is 459 g/mol. The van der Waals surface area contributed by atoms with Crippen LogP contribution < -0.4 is 5.32 Å². The summed E-state index contributed by atoms with van der Waals surface area (Å²) in [4.78, 5) is 43.0. The van der Waals surface area contributed by atoms with Gasteiger partial charge < -0.3 is 29.7 Å². The summed E-state index contributed by atoms with van der Waals surface area (Å²) in [6.45, 7) is 9.11. The van der Waals surface area contributed by atoms with Gasteiger partial charge in [0.1, 0.15) is 11.8 Å². The van der Waals surface area contributed by atoms with Crippen LogP contribution in [-0.4, -0.2) is 84.2 Å². The van der Waals surface area contributed by atoms with Crippen LogP contribution in [0.25, 0.3) is 0 Å². The second kappa shape index (κ2) is 10.7. The quantitative estimate of drug-likeness (QED) is 0.707. The van der Waals surface area contributed by atoms with Crippen molar-refractivity contribution in [2.75, 3.05) is 33.4 Å². The lowest BCUT2D eigenvalue weighted by atomic mass is 9.97. The lowest BCUT2D eigenvalue weighted by Gasteiger charge is -2.41. The molecule has 1 aromatic carbocycles. The van der Waals surface area contributed by atoms with Crippen LogP contribution in [0.1, 0.15) is 37.0 Å². The van der Waals surface area contributed by atoms with Gasteiger partial charge in [0.05, 0.1) is 36.5 Å². The number of benzene rings is 1. The molecule has 0 radical (unpaired) electrons. The number of nitrogens with one attached hydrogen (secondary N) is 1. The van der Waals surface area contributed by atoms with E-state index in [4.69, 9.17) is 9.47 Å². The molecule has 1 aromatic rings. The number of nitrogens with zero attached hydrogens (tertiary/aromatic N) is 2. The SMILES string of the molecule is C=C1CCCN(C)C(=O)C(NC(=O)c2ccccc2O)C(C)N(CC)C(=O)C(C2COC2)O1. The standard InChI is InChI=1S/C24H33N3O6/c1-5-27-16(3)20(25-22(29)18-10-6-7-11-19(18)28)23(30)26(4)12-8-9-15(2)33-21(24(27)31)17-13-32-14-17/h6-7,10-11,16-17,20-21,28H,2,5,8-9,12-14H2,1,3-4H3,(H,25,29). The Morgan fingerprint density at radius 3 is 2.55 bits per heavy atom. The highest BCUT2D eigenvalue weighted by Gasteiger charge is 2.42. The normalized spacial score (nSPS) is 25.5. The molecule has 3 unspecified atom stereocenters. The van der Waals surface area contributed by atoms with E-state index in [0.29, 0.717) is 44.9 Å². The molecule has 2 aliphatic rings. The molecule has 0 bridgehead atoms. The second-order valence-electron chi connectivity index (χ2n) is 8.57. The summed E-state index contributed by atoms with van der Waals surface area (Å²) in [6.07, 6.45) is 0.358. The Labute approximate surface area is 194 Å². The average molecular weight is 460 g/mol. The third kappa shape index (κ3) is 5.47. The van der Waals surface area contributed by atoms with E-state index in [2.05, 4.69) is 11.9 Å². The van der Waals surface area contributed by atoms with Crippen LogP contribution in [0.5, 0.6) is 5.75 Å². The number of carbonyl (C=O) groups excluding carboxylic acids is 3. The lowest BCUT2D eigenvalue weighted by molar-refractivity contribution is -0.161. The summed E-state index contributed by atoms with van der Waals surface area (Å²) in [5.74, 6) is -0.931. The van der Waals surface area contributed by atoms with E-state index in [1.165, 1.54) is 17.0 Å². The topological polar surface area (TPSA) is 108 Å². The van der Waals surface area contributed by atoms with Crippen molar-refractivity contribution in [3.8, 4) is 5.75 Å². The molecule has 2 saturated heterocycles. The minimum atomic E-state index is -1.01. The van der Waals surface area contributed by atoms with Crippen LogP contribution in [0.2, 0.25) is 0 Å². The van der Waals surface area contributed by atoms with Crippen LogP contribution in [-0.2, 0) is 19.1 Å². The molecule has 3 amide bonds. The number of para-hydroxylation sites is 1. The van der Waals surface area contributed by atoms with E-state index in [9.17, 15) is 19.5 Å². The summed E-state index contributed by atoms with van der Waals surface area (Å²) in [5, 5.41) is 12.8. The maximum absolute atomic E-state index is 13.6. The Morgan fingerprint density at radius 1 is 1.24 bits per heavy atom. The molecule has 2 heterocycles. The van der Waals surface area contributed by atoms with Gasteiger partial charge in [-0.3, -0.25) is 14.4 Å². The van der Waals surface area contributed by atoms with Crippen LogP contribution in [0.15, 0.2) is 36.6 Å². The highest BCUT2D eigenvalue weighted by Crippen LogP contribution is 2.25. The number of allylic oxidation sites excluding steroid dienone is 1. The van der Waals surface area contributed by atoms with Gasteiger partial charge in [-0.1, -0.05) is 18.7 Å². The third-order valence-corrected chi connectivity index (χ3v) is 6.25. The fourth-order valence-corrected chi connectivity index (χ4v) is 4.14. The van der Waals surface area contributed by atoms with Crippen LogP contribution in [0.3, 0.4) is 0 Å². The van der Waals surface area contributed by atoms with Crippen molar-refractivity contribution in [2.24, 2.45) is 5.92 Å². The highest BCUT2D eigenvalue weighted by atomic mass is 16.5. The number of likely N-dealkylation sites (N-methyl/N-ethyl adjacent to an activating group) is 2. The van der Waals surface area contributed by atoms with E-state index < -0.39 is 24.1 Å². The molecule has 0 aromatic heterocycles. The van der Waals surface area contributed by atoms with Crippen LogP contribution in [0, 0.1) is 5.92 Å². The van der Waals surface area contributed by atoms with Gasteiger partial charge in [-0.2, -0.15) is 0 Å². The largest absolute Gasteiger partial charge is 0.507 e. The van der Waals surface area contributed by atoms with Crippen molar-refractivity contribution in [1.82, 2.24) is 15.1 Å². The molecular formula is C24H33N3O6. The Hall–Kier alpha value is -3.07. The summed E-state index contributed by atoms with van der Waals surface area (Å²) >= 11 is 0. The van der Waals surface area contributed by atoms with E-state index in [-0.39, 0.29) is 29.0 Å². The van der Waals surface area contributed by atoms with Gasteiger partial charge in [-0.05, 0) is 32.4 Å². The fraction of sp³-hybridized carbons (Fsp3) is 0.542. The summed E-state index contributed by atoms with van der Waals surface area (Å²) in [7, 11) is 1.66. The third-order valence-electron chi connectivity index (χ3n) is 6.25. The van der Waals surface area contributed by atoms with Gasteiger partial charge in [-0.15, -0.1) is 0 Å². The molecule has 2 aliphatic heterocycles. The number of phenolic OH excluding ortho intramolecular Hbond substituents is 1. The number of ether oxygens (including phenoxy) is 2. The van der Waals surface area contributed by atoms with Crippen LogP contribution in [0.4, 0.5) is 0 Å². The Bertz CT molecular complexity index is 900. The molecule has 9 nitrogen and oxygen atoms in total. The Morgan fingerprint density at radius 2 is 1.94 bits per heavy atom. The summed E-state index contributed by atoms with van der Waals surface area (Å²) in [6, 6.07) is 4.46. The molecule has 2 fully saturated rings. The van der Waals surface area contributed by atoms with Crippen molar-refractivity contribution >= 4 is 17.7 Å². The molecule has 0 aliphatic carbocycles. The number of phenols is 1. The first-order valence-corrected chi connectivity index (χ1v) is 11.3. The van der Waals surface area contributed by atoms with Gasteiger partial charge >= 0.3 is 0 Å². The predicted molar refractivity (Wildman–Crippen MR) is 121 cm³/mol. The highest BCUT2D eigenvalue weighted by molar-refractivity contribution is 6.00. The van der Waals surface area contributed by atoms with Crippen LogP contribution >= 0.6 is 0 Å². The smallest absolute Gasteiger partial charge is 0.264 e. The molecule has 3 rings (SSSR count). The first-order chi connectivity index (χ1) is 15.7. The molecule has 3 atom stereocenters. The second-order valence-corrected chi connectivity index (χ2v) is 8.57. The van der Waals surface area contributed by atoms with Gasteiger partial charge in [0.15, 0.2) is 6.10 Å². The molecule has 180 valence electrons. The van der Waals surface area contributed by atoms with Crippen molar-refractivity contribution in [3.05, 3.63) is 42.2 Å². The minimum Gasteiger partial charge on any atom is -0.507 e. The van der Waals surface area contributed by atoms with Gasteiger partial charge in [0, 0.05) is 26.6 Å². The molecule has 0 saturated carbocycles. The van der Waals surface area contributed by atoms with Gasteiger partial charge in [0.25, 0.3) is 11.8 Å². The van der Waals surface area contributed by atoms with Crippen molar-refractivity contribution in [2.45, 2.75) is 44.9 Å². The van der Waals surface area contributed by atoms with E-state index >= 15 is 0 Å². The average Bonchev–Trinajstić information content (AvgIpc) is 2.75. The number of rotatable bonds is 4. The summed E-state index contributed by atoms with van der Waals surface area (Å²) in [5.41, 5.74) is 0.0600. The molecule has 33 heavy (non-hydrogen) atoms. The number of amides is 3.